The summed E-state index contributed by atoms with van der Waals surface area (Å²) in [5.74, 6) is 1.82. The number of nitrogens with one attached hydrogen (secondary N) is 1. The normalized spacial score (nSPS) is 11.0. The SMILES string of the molecule is COc1cc(-c2noc(-c3cc(C)nc(NC(C)C)n3)n2)cc(C)n1. The molecule has 0 aliphatic heterocycles. The summed E-state index contributed by atoms with van der Waals surface area (Å²) in [6, 6.07) is 5.66. The Morgan fingerprint density at radius 3 is 2.48 bits per heavy atom. The third kappa shape index (κ3) is 3.90. The molecular formula is C17H20N6O2. The van der Waals surface area contributed by atoms with Crippen molar-refractivity contribution in [3.63, 3.8) is 0 Å². The molecule has 25 heavy (non-hydrogen) atoms. The van der Waals surface area contributed by atoms with Crippen molar-refractivity contribution in [3.8, 4) is 28.9 Å². The van der Waals surface area contributed by atoms with Crippen LogP contribution in [0.25, 0.3) is 23.0 Å². The van der Waals surface area contributed by atoms with Gasteiger partial charge < -0.3 is 14.6 Å². The van der Waals surface area contributed by atoms with Crippen molar-refractivity contribution in [2.45, 2.75) is 33.7 Å². The third-order valence-electron chi connectivity index (χ3n) is 3.31. The van der Waals surface area contributed by atoms with Crippen molar-refractivity contribution in [1.82, 2.24) is 25.1 Å². The zero-order valence-corrected chi connectivity index (χ0v) is 14.9. The van der Waals surface area contributed by atoms with Crippen LogP contribution >= 0.6 is 0 Å². The molecule has 0 radical (unpaired) electrons. The van der Waals surface area contributed by atoms with E-state index in [4.69, 9.17) is 9.26 Å². The quantitative estimate of drug-likeness (QED) is 0.756. The molecule has 0 aliphatic rings. The molecule has 1 N–H and O–H groups in total. The van der Waals surface area contributed by atoms with E-state index in [-0.39, 0.29) is 6.04 Å². The van der Waals surface area contributed by atoms with Crippen LogP contribution in [0.3, 0.4) is 0 Å². The molecule has 3 rings (SSSR count). The molecule has 8 heteroatoms. The van der Waals surface area contributed by atoms with Gasteiger partial charge in [-0.05, 0) is 39.8 Å². The lowest BCUT2D eigenvalue weighted by molar-refractivity contribution is 0.397. The predicted octanol–water partition coefficient (Wildman–Crippen LogP) is 3.03. The molecule has 0 unspecified atom stereocenters. The molecule has 0 aliphatic carbocycles. The minimum atomic E-state index is 0.222. The largest absolute Gasteiger partial charge is 0.481 e. The summed E-state index contributed by atoms with van der Waals surface area (Å²) in [6.45, 7) is 7.82. The molecular weight excluding hydrogens is 320 g/mol. The number of methoxy groups -OCH3 is 1. The van der Waals surface area contributed by atoms with Gasteiger partial charge in [0.25, 0.3) is 5.89 Å². The zero-order chi connectivity index (χ0) is 18.0. The summed E-state index contributed by atoms with van der Waals surface area (Å²) in [5.41, 5.74) is 2.97. The highest BCUT2D eigenvalue weighted by Gasteiger charge is 2.15. The van der Waals surface area contributed by atoms with Crippen LogP contribution in [-0.2, 0) is 0 Å². The molecule has 0 amide bonds. The van der Waals surface area contributed by atoms with Crippen LogP contribution in [0.5, 0.6) is 5.88 Å². The van der Waals surface area contributed by atoms with Crippen LogP contribution in [0.15, 0.2) is 22.7 Å². The molecule has 0 aromatic carbocycles. The second-order valence-corrected chi connectivity index (χ2v) is 5.98. The van der Waals surface area contributed by atoms with E-state index in [0.717, 1.165) is 17.0 Å². The van der Waals surface area contributed by atoms with Crippen molar-refractivity contribution in [1.29, 1.82) is 0 Å². The van der Waals surface area contributed by atoms with Crippen LogP contribution in [0, 0.1) is 13.8 Å². The molecule has 0 atom stereocenters. The number of hydrogen-bond acceptors (Lipinski definition) is 8. The molecule has 0 spiro atoms. The van der Waals surface area contributed by atoms with Gasteiger partial charge in [-0.15, -0.1) is 0 Å². The Balaban J connectivity index is 1.96. The molecule has 8 nitrogen and oxygen atoms in total. The van der Waals surface area contributed by atoms with Crippen LogP contribution in [-0.4, -0.2) is 38.2 Å². The first-order chi connectivity index (χ1) is 11.9. The molecule has 3 heterocycles. The average Bonchev–Trinajstić information content (AvgIpc) is 3.03. The summed E-state index contributed by atoms with van der Waals surface area (Å²) >= 11 is 0. The van der Waals surface area contributed by atoms with Crippen LogP contribution in [0.2, 0.25) is 0 Å². The van der Waals surface area contributed by atoms with E-state index in [9.17, 15) is 0 Å². The van der Waals surface area contributed by atoms with E-state index in [1.807, 2.05) is 33.8 Å². The second-order valence-electron chi connectivity index (χ2n) is 5.98. The number of anilines is 1. The lowest BCUT2D eigenvalue weighted by atomic mass is 10.2. The van der Waals surface area contributed by atoms with Gasteiger partial charge in [0.2, 0.25) is 17.7 Å². The number of aromatic nitrogens is 5. The highest BCUT2D eigenvalue weighted by atomic mass is 16.5. The third-order valence-corrected chi connectivity index (χ3v) is 3.31. The molecule has 3 aromatic rings. The zero-order valence-electron chi connectivity index (χ0n) is 14.9. The highest BCUT2D eigenvalue weighted by molar-refractivity contribution is 5.60. The maximum absolute atomic E-state index is 5.39. The van der Waals surface area contributed by atoms with Gasteiger partial charge in [-0.2, -0.15) is 4.98 Å². The first-order valence-corrected chi connectivity index (χ1v) is 7.94. The van der Waals surface area contributed by atoms with Gasteiger partial charge in [0, 0.05) is 29.1 Å². The fourth-order valence-corrected chi connectivity index (χ4v) is 2.32. The summed E-state index contributed by atoms with van der Waals surface area (Å²) in [6.07, 6.45) is 0. The van der Waals surface area contributed by atoms with E-state index in [1.54, 1.807) is 19.2 Å². The van der Waals surface area contributed by atoms with Gasteiger partial charge in [0.15, 0.2) is 0 Å². The Bertz CT molecular complexity index is 891. The van der Waals surface area contributed by atoms with Crippen molar-refractivity contribution in [2.24, 2.45) is 0 Å². The summed E-state index contributed by atoms with van der Waals surface area (Å²) < 4.78 is 10.6. The smallest absolute Gasteiger partial charge is 0.277 e. The van der Waals surface area contributed by atoms with Gasteiger partial charge in [-0.1, -0.05) is 5.16 Å². The van der Waals surface area contributed by atoms with Gasteiger partial charge in [0.05, 0.1) is 7.11 Å². The molecule has 0 fully saturated rings. The average molecular weight is 340 g/mol. The van der Waals surface area contributed by atoms with Gasteiger partial charge in [-0.25, -0.2) is 15.0 Å². The van der Waals surface area contributed by atoms with Crippen molar-refractivity contribution in [3.05, 3.63) is 29.6 Å². The number of hydrogen-bond donors (Lipinski definition) is 1. The number of nitrogens with zero attached hydrogens (tertiary/aromatic N) is 5. The standard InChI is InChI=1S/C17H20N6O2/c1-9(2)18-17-20-11(4)7-13(21-17)16-22-15(23-25-16)12-6-10(3)19-14(8-12)24-5/h6-9H,1-5H3,(H,18,20,21). The fourth-order valence-electron chi connectivity index (χ4n) is 2.32. The number of rotatable bonds is 5. The predicted molar refractivity (Wildman–Crippen MR) is 93.3 cm³/mol. The molecule has 0 bridgehead atoms. The number of pyridine rings is 1. The van der Waals surface area contributed by atoms with E-state index >= 15 is 0 Å². The number of ether oxygens (including phenoxy) is 1. The lowest BCUT2D eigenvalue weighted by Crippen LogP contribution is -2.13. The Morgan fingerprint density at radius 1 is 1.00 bits per heavy atom. The van der Waals surface area contributed by atoms with E-state index in [2.05, 4.69) is 30.4 Å². The topological polar surface area (TPSA) is 98.9 Å². The first-order valence-electron chi connectivity index (χ1n) is 7.94. The first kappa shape index (κ1) is 16.8. The Morgan fingerprint density at radius 2 is 1.76 bits per heavy atom. The van der Waals surface area contributed by atoms with Crippen LogP contribution in [0.1, 0.15) is 25.2 Å². The lowest BCUT2D eigenvalue weighted by Gasteiger charge is -2.09. The maximum atomic E-state index is 5.39. The monoisotopic (exact) mass is 340 g/mol. The molecule has 130 valence electrons. The molecule has 3 aromatic heterocycles. The summed E-state index contributed by atoms with van der Waals surface area (Å²) in [5, 5.41) is 7.23. The maximum Gasteiger partial charge on any atom is 0.277 e. The number of aryl methyl sites for hydroxylation is 2. The van der Waals surface area contributed by atoms with Gasteiger partial charge in [-0.3, -0.25) is 0 Å². The van der Waals surface area contributed by atoms with Crippen molar-refractivity contribution >= 4 is 5.95 Å². The molecule has 0 saturated carbocycles. The van der Waals surface area contributed by atoms with E-state index in [1.165, 1.54) is 0 Å². The van der Waals surface area contributed by atoms with Crippen LogP contribution < -0.4 is 10.1 Å². The Labute approximate surface area is 145 Å². The minimum Gasteiger partial charge on any atom is -0.481 e. The fraction of sp³-hybridized carbons (Fsp3) is 0.353. The van der Waals surface area contributed by atoms with Crippen molar-refractivity contribution in [2.75, 3.05) is 12.4 Å². The van der Waals surface area contributed by atoms with Gasteiger partial charge >= 0.3 is 0 Å². The highest BCUT2D eigenvalue weighted by Crippen LogP contribution is 2.24. The minimum absolute atomic E-state index is 0.222. The second kappa shape index (κ2) is 6.84. The van der Waals surface area contributed by atoms with E-state index in [0.29, 0.717) is 29.2 Å². The van der Waals surface area contributed by atoms with Crippen molar-refractivity contribution < 1.29 is 9.26 Å². The van der Waals surface area contributed by atoms with E-state index < -0.39 is 0 Å². The molecule has 0 saturated heterocycles. The van der Waals surface area contributed by atoms with Gasteiger partial charge in [0.1, 0.15) is 5.69 Å². The summed E-state index contributed by atoms with van der Waals surface area (Å²) in [4.78, 5) is 17.5. The van der Waals surface area contributed by atoms with Crippen LogP contribution in [0.4, 0.5) is 5.95 Å². The Kier molecular flexibility index (Phi) is 4.60. The summed E-state index contributed by atoms with van der Waals surface area (Å²) in [7, 11) is 1.57. The Hall–Kier alpha value is -3.03.